The zero-order valence-corrected chi connectivity index (χ0v) is 11.7. The third-order valence-electron chi connectivity index (χ3n) is 3.98. The van der Waals surface area contributed by atoms with Gasteiger partial charge in [-0.25, -0.2) is 0 Å². The molecular formula is C16H21NO3. The number of rotatable bonds is 4. The highest BCUT2D eigenvalue weighted by Gasteiger charge is 2.17. The van der Waals surface area contributed by atoms with Crippen LogP contribution in [0.3, 0.4) is 0 Å². The van der Waals surface area contributed by atoms with Crippen LogP contribution < -0.4 is 14.8 Å². The van der Waals surface area contributed by atoms with E-state index in [2.05, 4.69) is 5.32 Å². The number of ether oxygens (including phenoxy) is 2. The molecule has 0 bridgehead atoms. The fourth-order valence-corrected chi connectivity index (χ4v) is 2.81. The van der Waals surface area contributed by atoms with Crippen molar-refractivity contribution in [3.63, 3.8) is 0 Å². The predicted molar refractivity (Wildman–Crippen MR) is 76.6 cm³/mol. The number of fused-ring (bicyclic) bond motifs is 1. The molecule has 0 saturated heterocycles. The van der Waals surface area contributed by atoms with Gasteiger partial charge in [-0.3, -0.25) is 4.79 Å². The second kappa shape index (κ2) is 6.27. The van der Waals surface area contributed by atoms with Gasteiger partial charge in [0.1, 0.15) is 0 Å². The Morgan fingerprint density at radius 3 is 2.65 bits per heavy atom. The van der Waals surface area contributed by atoms with Crippen molar-refractivity contribution in [1.29, 1.82) is 0 Å². The molecule has 1 aliphatic heterocycles. The molecule has 1 aromatic carbocycles. The van der Waals surface area contributed by atoms with Crippen LogP contribution in [0.4, 0.5) is 0 Å². The highest BCUT2D eigenvalue weighted by Crippen LogP contribution is 2.30. The molecule has 3 rings (SSSR count). The summed E-state index contributed by atoms with van der Waals surface area (Å²) in [5, 5.41) is 3.35. The molecule has 4 nitrogen and oxygen atoms in total. The zero-order chi connectivity index (χ0) is 13.8. The Labute approximate surface area is 119 Å². The van der Waals surface area contributed by atoms with Crippen LogP contribution in [0.1, 0.15) is 42.5 Å². The Hall–Kier alpha value is -1.55. The van der Waals surface area contributed by atoms with Gasteiger partial charge in [-0.05, 0) is 31.0 Å². The number of carbonyl (C=O) groups excluding carboxylic acids is 1. The molecular weight excluding hydrogens is 254 g/mol. The molecule has 0 aromatic heterocycles. The number of benzene rings is 1. The molecule has 1 N–H and O–H groups in total. The van der Waals surface area contributed by atoms with Crippen LogP contribution in [0.5, 0.6) is 11.5 Å². The predicted octanol–water partition coefficient (Wildman–Crippen LogP) is 2.56. The normalized spacial score (nSPS) is 18.8. The largest absolute Gasteiger partial charge is 0.490 e. The monoisotopic (exact) mass is 275 g/mol. The van der Waals surface area contributed by atoms with E-state index in [1.54, 1.807) is 6.07 Å². The van der Waals surface area contributed by atoms with E-state index in [4.69, 9.17) is 9.47 Å². The van der Waals surface area contributed by atoms with Crippen molar-refractivity contribution in [3.05, 3.63) is 23.8 Å². The molecule has 0 unspecified atom stereocenters. The van der Waals surface area contributed by atoms with Crippen LogP contribution in [-0.2, 0) is 0 Å². The van der Waals surface area contributed by atoms with E-state index in [0.717, 1.165) is 12.2 Å². The minimum atomic E-state index is 0.118. The molecule has 0 atom stereocenters. The summed E-state index contributed by atoms with van der Waals surface area (Å²) in [6.45, 7) is 1.72. The third kappa shape index (κ3) is 3.12. The van der Waals surface area contributed by atoms with Gasteiger partial charge in [0.15, 0.2) is 17.3 Å². The van der Waals surface area contributed by atoms with Crippen LogP contribution in [0, 0.1) is 0 Å². The van der Waals surface area contributed by atoms with E-state index in [0.29, 0.717) is 37.1 Å². The summed E-state index contributed by atoms with van der Waals surface area (Å²) in [5.74, 6) is 1.55. The average molecular weight is 275 g/mol. The van der Waals surface area contributed by atoms with Crippen molar-refractivity contribution in [2.45, 2.75) is 38.1 Å². The van der Waals surface area contributed by atoms with Crippen molar-refractivity contribution in [2.24, 2.45) is 0 Å². The maximum atomic E-state index is 12.2. The number of carbonyl (C=O) groups is 1. The maximum absolute atomic E-state index is 12.2. The van der Waals surface area contributed by atoms with E-state index < -0.39 is 0 Å². The van der Waals surface area contributed by atoms with Gasteiger partial charge in [0.25, 0.3) is 0 Å². The fourth-order valence-electron chi connectivity index (χ4n) is 2.81. The quantitative estimate of drug-likeness (QED) is 0.858. The first-order valence-electron chi connectivity index (χ1n) is 7.49. The Bertz CT molecular complexity index is 481. The summed E-state index contributed by atoms with van der Waals surface area (Å²) in [7, 11) is 0. The lowest BCUT2D eigenvalue weighted by Gasteiger charge is -2.12. The van der Waals surface area contributed by atoms with Crippen molar-refractivity contribution < 1.29 is 14.3 Å². The van der Waals surface area contributed by atoms with E-state index in [9.17, 15) is 4.79 Å². The Morgan fingerprint density at radius 2 is 1.85 bits per heavy atom. The molecule has 4 heteroatoms. The summed E-state index contributed by atoms with van der Waals surface area (Å²) >= 11 is 0. The second-order valence-corrected chi connectivity index (χ2v) is 5.50. The van der Waals surface area contributed by atoms with Gasteiger partial charge < -0.3 is 14.8 Å². The second-order valence-electron chi connectivity index (χ2n) is 5.50. The highest BCUT2D eigenvalue weighted by molar-refractivity contribution is 5.98. The lowest BCUT2D eigenvalue weighted by molar-refractivity contribution is 0.0987. The van der Waals surface area contributed by atoms with Gasteiger partial charge in [-0.15, -0.1) is 0 Å². The lowest BCUT2D eigenvalue weighted by atomic mass is 10.1. The number of nitrogens with one attached hydrogen (secondary N) is 1. The van der Waals surface area contributed by atoms with Crippen molar-refractivity contribution in [1.82, 2.24) is 5.32 Å². The van der Waals surface area contributed by atoms with E-state index in [-0.39, 0.29) is 5.78 Å². The number of hydrogen-bond donors (Lipinski definition) is 1. The van der Waals surface area contributed by atoms with Crippen LogP contribution in [0.2, 0.25) is 0 Å². The molecule has 20 heavy (non-hydrogen) atoms. The highest BCUT2D eigenvalue weighted by atomic mass is 16.5. The molecule has 1 fully saturated rings. The molecule has 1 aliphatic carbocycles. The van der Waals surface area contributed by atoms with E-state index in [1.807, 2.05) is 12.1 Å². The molecule has 0 radical (unpaired) electrons. The maximum Gasteiger partial charge on any atom is 0.176 e. The van der Waals surface area contributed by atoms with E-state index >= 15 is 0 Å². The molecule has 108 valence electrons. The van der Waals surface area contributed by atoms with Crippen molar-refractivity contribution in [2.75, 3.05) is 19.8 Å². The van der Waals surface area contributed by atoms with Crippen molar-refractivity contribution >= 4 is 5.78 Å². The standard InChI is InChI=1S/C16H21NO3/c18-14(11-17-13-4-1-2-5-13)12-6-7-15-16(10-12)20-9-3-8-19-15/h6-7,10,13,17H,1-5,8-9,11H2. The van der Waals surface area contributed by atoms with Crippen LogP contribution >= 0.6 is 0 Å². The van der Waals surface area contributed by atoms with Crippen LogP contribution in [0.25, 0.3) is 0 Å². The summed E-state index contributed by atoms with van der Waals surface area (Å²) in [6, 6.07) is 5.98. The van der Waals surface area contributed by atoms with Gasteiger partial charge in [0.2, 0.25) is 0 Å². The van der Waals surface area contributed by atoms with Gasteiger partial charge >= 0.3 is 0 Å². The first kappa shape index (κ1) is 13.4. The van der Waals surface area contributed by atoms with Crippen LogP contribution in [-0.4, -0.2) is 31.6 Å². The molecule has 1 heterocycles. The van der Waals surface area contributed by atoms with E-state index in [1.165, 1.54) is 25.7 Å². The Morgan fingerprint density at radius 1 is 1.10 bits per heavy atom. The van der Waals surface area contributed by atoms with Gasteiger partial charge in [0.05, 0.1) is 19.8 Å². The molecule has 2 aliphatic rings. The molecule has 1 saturated carbocycles. The first-order valence-corrected chi connectivity index (χ1v) is 7.49. The minimum Gasteiger partial charge on any atom is -0.490 e. The number of ketones is 1. The zero-order valence-electron chi connectivity index (χ0n) is 11.7. The number of Topliss-reactive ketones (excluding diaryl/α,β-unsaturated/α-hetero) is 1. The summed E-state index contributed by atoms with van der Waals surface area (Å²) in [6.07, 6.45) is 5.80. The summed E-state index contributed by atoms with van der Waals surface area (Å²) in [4.78, 5) is 12.2. The first-order chi connectivity index (χ1) is 9.83. The Kier molecular flexibility index (Phi) is 4.21. The molecule has 1 aromatic rings. The topological polar surface area (TPSA) is 47.6 Å². The lowest BCUT2D eigenvalue weighted by Crippen LogP contribution is -2.31. The SMILES string of the molecule is O=C(CNC1CCCC1)c1ccc2c(c1)OCCCO2. The number of hydrogen-bond acceptors (Lipinski definition) is 4. The van der Waals surface area contributed by atoms with Gasteiger partial charge in [0, 0.05) is 18.0 Å². The van der Waals surface area contributed by atoms with Gasteiger partial charge in [-0.2, -0.15) is 0 Å². The summed E-state index contributed by atoms with van der Waals surface area (Å²) < 4.78 is 11.2. The minimum absolute atomic E-state index is 0.118. The fraction of sp³-hybridized carbons (Fsp3) is 0.562. The molecule has 0 spiro atoms. The van der Waals surface area contributed by atoms with Gasteiger partial charge in [-0.1, -0.05) is 12.8 Å². The smallest absolute Gasteiger partial charge is 0.176 e. The average Bonchev–Trinajstić information content (AvgIpc) is 2.88. The molecule has 0 amide bonds. The summed E-state index contributed by atoms with van der Waals surface area (Å²) in [5.41, 5.74) is 0.694. The Balaban J connectivity index is 1.63. The van der Waals surface area contributed by atoms with Crippen LogP contribution in [0.15, 0.2) is 18.2 Å². The van der Waals surface area contributed by atoms with Crippen molar-refractivity contribution in [3.8, 4) is 11.5 Å². The third-order valence-corrected chi connectivity index (χ3v) is 3.98.